The summed E-state index contributed by atoms with van der Waals surface area (Å²) in [5.41, 5.74) is 0. The van der Waals surface area contributed by atoms with E-state index in [1.807, 2.05) is 0 Å². The van der Waals surface area contributed by atoms with E-state index in [4.69, 9.17) is 0 Å². The summed E-state index contributed by atoms with van der Waals surface area (Å²) in [4.78, 5) is 4.11. The van der Waals surface area contributed by atoms with E-state index in [2.05, 4.69) is 28.5 Å². The molecule has 1 aromatic rings. The third-order valence-corrected chi connectivity index (χ3v) is 3.60. The van der Waals surface area contributed by atoms with Gasteiger partial charge < -0.3 is 5.32 Å². The largest absolute Gasteiger partial charge is 0.313 e. The predicted molar refractivity (Wildman–Crippen MR) is 58.4 cm³/mol. The molecule has 74 valence electrons. The Balaban J connectivity index is 2.11. The average Bonchev–Trinajstić information content (AvgIpc) is 2.64. The molecule has 0 amide bonds. The molecule has 1 rings (SSSR count). The van der Waals surface area contributed by atoms with Gasteiger partial charge in [-0.05, 0) is 31.4 Å². The molecular formula is C8H15N3S2. The molecule has 0 saturated carbocycles. The van der Waals surface area contributed by atoms with Crippen LogP contribution in [0.15, 0.2) is 10.7 Å². The van der Waals surface area contributed by atoms with Gasteiger partial charge in [0.05, 0.1) is 0 Å². The molecule has 0 saturated heterocycles. The lowest BCUT2D eigenvalue weighted by atomic mass is 10.3. The van der Waals surface area contributed by atoms with Crippen molar-refractivity contribution in [2.75, 3.05) is 12.3 Å². The van der Waals surface area contributed by atoms with Crippen LogP contribution in [0.1, 0.15) is 20.3 Å². The van der Waals surface area contributed by atoms with Gasteiger partial charge in [-0.2, -0.15) is 4.37 Å². The zero-order chi connectivity index (χ0) is 9.52. The molecule has 0 aromatic carbocycles. The first kappa shape index (κ1) is 10.9. The zero-order valence-electron chi connectivity index (χ0n) is 7.99. The van der Waals surface area contributed by atoms with Crippen LogP contribution < -0.4 is 5.32 Å². The molecule has 13 heavy (non-hydrogen) atoms. The minimum Gasteiger partial charge on any atom is -0.313 e. The van der Waals surface area contributed by atoms with Crippen molar-refractivity contribution in [2.45, 2.75) is 30.6 Å². The Morgan fingerprint density at radius 3 is 3.15 bits per heavy atom. The van der Waals surface area contributed by atoms with Gasteiger partial charge in [0.25, 0.3) is 0 Å². The summed E-state index contributed by atoms with van der Waals surface area (Å²) < 4.78 is 5.01. The summed E-state index contributed by atoms with van der Waals surface area (Å²) in [7, 11) is 0. The van der Waals surface area contributed by atoms with E-state index in [1.54, 1.807) is 18.1 Å². The van der Waals surface area contributed by atoms with Crippen molar-refractivity contribution >= 4 is 23.3 Å². The average molecular weight is 217 g/mol. The van der Waals surface area contributed by atoms with Gasteiger partial charge in [-0.3, -0.25) is 0 Å². The number of hydrogen-bond donors (Lipinski definition) is 1. The molecule has 1 aromatic heterocycles. The van der Waals surface area contributed by atoms with Crippen LogP contribution in [0.5, 0.6) is 0 Å². The molecule has 0 aliphatic carbocycles. The molecule has 3 nitrogen and oxygen atoms in total. The molecule has 0 radical (unpaired) electrons. The summed E-state index contributed by atoms with van der Waals surface area (Å²) in [6, 6.07) is 0.550. The molecule has 1 atom stereocenters. The molecule has 1 N–H and O–H groups in total. The Morgan fingerprint density at radius 1 is 1.69 bits per heavy atom. The van der Waals surface area contributed by atoms with Crippen LogP contribution in [-0.2, 0) is 0 Å². The van der Waals surface area contributed by atoms with Crippen molar-refractivity contribution in [3.63, 3.8) is 0 Å². The van der Waals surface area contributed by atoms with Gasteiger partial charge in [-0.1, -0.05) is 18.7 Å². The van der Waals surface area contributed by atoms with E-state index in [-0.39, 0.29) is 0 Å². The fraction of sp³-hybridized carbons (Fsp3) is 0.750. The van der Waals surface area contributed by atoms with Crippen LogP contribution in [0.3, 0.4) is 0 Å². The summed E-state index contributed by atoms with van der Waals surface area (Å²) in [5, 5.41) is 3.43. The van der Waals surface area contributed by atoms with E-state index >= 15 is 0 Å². The highest BCUT2D eigenvalue weighted by molar-refractivity contribution is 8.00. The lowest BCUT2D eigenvalue weighted by Gasteiger charge is -2.10. The highest BCUT2D eigenvalue weighted by Crippen LogP contribution is 2.18. The Morgan fingerprint density at radius 2 is 2.54 bits per heavy atom. The number of nitrogens with one attached hydrogen (secondary N) is 1. The lowest BCUT2D eigenvalue weighted by Crippen LogP contribution is -2.28. The SMILES string of the molecule is CCCNC(C)CSc1ncns1. The fourth-order valence-corrected chi connectivity index (χ4v) is 2.33. The maximum absolute atomic E-state index is 4.11. The van der Waals surface area contributed by atoms with Gasteiger partial charge >= 0.3 is 0 Å². The summed E-state index contributed by atoms with van der Waals surface area (Å²) in [5.74, 6) is 1.06. The Bertz CT molecular complexity index is 213. The molecule has 0 aliphatic rings. The second-order valence-electron chi connectivity index (χ2n) is 2.87. The number of rotatable bonds is 6. The van der Waals surface area contributed by atoms with Crippen molar-refractivity contribution in [1.29, 1.82) is 0 Å². The van der Waals surface area contributed by atoms with Crippen molar-refractivity contribution in [3.8, 4) is 0 Å². The third-order valence-electron chi connectivity index (χ3n) is 1.54. The lowest BCUT2D eigenvalue weighted by molar-refractivity contribution is 0.590. The van der Waals surface area contributed by atoms with E-state index in [1.165, 1.54) is 18.0 Å². The topological polar surface area (TPSA) is 37.8 Å². The van der Waals surface area contributed by atoms with Gasteiger partial charge in [0, 0.05) is 11.8 Å². The normalized spacial score (nSPS) is 13.1. The maximum Gasteiger partial charge on any atom is 0.169 e. The first-order chi connectivity index (χ1) is 6.33. The predicted octanol–water partition coefficient (Wildman–Crippen LogP) is 2.02. The monoisotopic (exact) mass is 217 g/mol. The highest BCUT2D eigenvalue weighted by Gasteiger charge is 2.03. The van der Waals surface area contributed by atoms with Crippen LogP contribution >= 0.6 is 23.3 Å². The van der Waals surface area contributed by atoms with Crippen LogP contribution in [0, 0.1) is 0 Å². The van der Waals surface area contributed by atoms with Crippen molar-refractivity contribution in [3.05, 3.63) is 6.33 Å². The first-order valence-corrected chi connectivity index (χ1v) is 6.21. The Hall–Kier alpha value is -0.130. The number of nitrogens with zero attached hydrogens (tertiary/aromatic N) is 2. The third kappa shape index (κ3) is 4.59. The summed E-state index contributed by atoms with van der Waals surface area (Å²) in [6.45, 7) is 5.47. The Labute approximate surface area is 87.5 Å². The van der Waals surface area contributed by atoms with Crippen LogP contribution in [-0.4, -0.2) is 27.7 Å². The maximum atomic E-state index is 4.11. The van der Waals surface area contributed by atoms with Gasteiger partial charge in [0.15, 0.2) is 4.34 Å². The summed E-state index contributed by atoms with van der Waals surface area (Å²) >= 11 is 3.23. The van der Waals surface area contributed by atoms with Crippen molar-refractivity contribution < 1.29 is 0 Å². The fourth-order valence-electron chi connectivity index (χ4n) is 0.873. The second-order valence-corrected chi connectivity index (χ2v) is 4.92. The molecule has 5 heteroatoms. The molecular weight excluding hydrogens is 202 g/mol. The standard InChI is InChI=1S/C8H15N3S2/c1-3-4-9-7(2)5-12-8-10-6-11-13-8/h6-7,9H,3-5H2,1-2H3. The Kier molecular flexibility index (Phi) is 5.34. The highest BCUT2D eigenvalue weighted by atomic mass is 32.2. The van der Waals surface area contributed by atoms with Gasteiger partial charge in [-0.25, -0.2) is 4.98 Å². The number of aromatic nitrogens is 2. The van der Waals surface area contributed by atoms with Crippen molar-refractivity contribution in [2.24, 2.45) is 0 Å². The summed E-state index contributed by atoms with van der Waals surface area (Å²) in [6.07, 6.45) is 2.80. The molecule has 0 aliphatic heterocycles. The van der Waals surface area contributed by atoms with Crippen LogP contribution in [0.2, 0.25) is 0 Å². The minimum absolute atomic E-state index is 0.550. The van der Waals surface area contributed by atoms with Gasteiger partial charge in [0.2, 0.25) is 0 Å². The van der Waals surface area contributed by atoms with Crippen LogP contribution in [0.4, 0.5) is 0 Å². The van der Waals surface area contributed by atoms with Crippen molar-refractivity contribution in [1.82, 2.24) is 14.7 Å². The van der Waals surface area contributed by atoms with E-state index in [0.29, 0.717) is 6.04 Å². The molecule has 1 heterocycles. The minimum atomic E-state index is 0.550. The van der Waals surface area contributed by atoms with Crippen LogP contribution in [0.25, 0.3) is 0 Å². The second kappa shape index (κ2) is 6.34. The molecule has 0 bridgehead atoms. The van der Waals surface area contributed by atoms with Gasteiger partial charge in [0.1, 0.15) is 6.33 Å². The number of thioether (sulfide) groups is 1. The van der Waals surface area contributed by atoms with E-state index in [9.17, 15) is 0 Å². The smallest absolute Gasteiger partial charge is 0.169 e. The van der Waals surface area contributed by atoms with E-state index in [0.717, 1.165) is 16.6 Å². The first-order valence-electron chi connectivity index (χ1n) is 4.45. The molecule has 0 fully saturated rings. The number of hydrogen-bond acceptors (Lipinski definition) is 5. The zero-order valence-corrected chi connectivity index (χ0v) is 9.62. The molecule has 1 unspecified atom stereocenters. The van der Waals surface area contributed by atoms with E-state index < -0.39 is 0 Å². The molecule has 0 spiro atoms. The van der Waals surface area contributed by atoms with Gasteiger partial charge in [-0.15, -0.1) is 0 Å². The quantitative estimate of drug-likeness (QED) is 0.740.